The van der Waals surface area contributed by atoms with Crippen LogP contribution in [0.4, 0.5) is 0 Å². The number of fused-ring (bicyclic) bond motifs is 7. The van der Waals surface area contributed by atoms with Crippen molar-refractivity contribution >= 4 is 43.7 Å². The largest absolute Gasteiger partial charge is 0.464 e. The molecule has 4 nitrogen and oxygen atoms in total. The molecule has 0 N–H and O–H groups in total. The van der Waals surface area contributed by atoms with Crippen molar-refractivity contribution in [3.05, 3.63) is 66.1 Å². The van der Waals surface area contributed by atoms with E-state index in [0.717, 1.165) is 73.0 Å². The van der Waals surface area contributed by atoms with E-state index in [1.165, 1.54) is 10.9 Å². The summed E-state index contributed by atoms with van der Waals surface area (Å²) >= 11 is 0. The highest BCUT2D eigenvalue weighted by molar-refractivity contribution is 6.20. The Labute approximate surface area is 197 Å². The van der Waals surface area contributed by atoms with Crippen LogP contribution < -0.4 is 9.30 Å². The Morgan fingerprint density at radius 1 is 0.912 bits per heavy atom. The Morgan fingerprint density at radius 2 is 1.76 bits per heavy atom. The number of aromatic nitrogens is 1. The lowest BCUT2D eigenvalue weighted by Gasteiger charge is -2.21. The van der Waals surface area contributed by atoms with Crippen LogP contribution in [0, 0.1) is 12.3 Å². The maximum atomic E-state index is 6.63. The first kappa shape index (κ1) is 19.7. The van der Waals surface area contributed by atoms with E-state index in [-0.39, 0.29) is 5.41 Å². The first-order chi connectivity index (χ1) is 16.3. The monoisotopic (exact) mass is 448 g/mol. The first-order valence-electron chi connectivity index (χ1n) is 11.8. The van der Waals surface area contributed by atoms with E-state index in [9.17, 15) is 0 Å². The predicted molar refractivity (Wildman–Crippen MR) is 136 cm³/mol. The van der Waals surface area contributed by atoms with Gasteiger partial charge in [0.15, 0.2) is 6.20 Å². The summed E-state index contributed by atoms with van der Waals surface area (Å²) in [5.74, 6) is 1.74. The lowest BCUT2D eigenvalue weighted by Crippen LogP contribution is -2.31. The Morgan fingerprint density at radius 3 is 2.59 bits per heavy atom. The molecular weight excluding hydrogens is 422 g/mol. The fourth-order valence-corrected chi connectivity index (χ4v) is 5.72. The molecule has 0 fully saturated rings. The molecule has 0 amide bonds. The molecule has 0 saturated heterocycles. The van der Waals surface area contributed by atoms with Crippen LogP contribution in [0.15, 0.2) is 63.8 Å². The number of hydrogen-bond donors (Lipinski definition) is 0. The molecule has 0 unspecified atom stereocenters. The van der Waals surface area contributed by atoms with Gasteiger partial charge in [0.1, 0.15) is 40.7 Å². The summed E-state index contributed by atoms with van der Waals surface area (Å²) in [5, 5.41) is 5.51. The lowest BCUT2D eigenvalue weighted by atomic mass is 9.86. The topological polar surface area (TPSA) is 39.4 Å². The van der Waals surface area contributed by atoms with Crippen LogP contribution in [-0.2, 0) is 13.5 Å². The van der Waals surface area contributed by atoms with Crippen molar-refractivity contribution in [2.45, 2.75) is 34.1 Å². The van der Waals surface area contributed by atoms with Crippen molar-refractivity contribution in [2.75, 3.05) is 0 Å². The van der Waals surface area contributed by atoms with Gasteiger partial charge in [-0.15, -0.1) is 0 Å². The minimum absolute atomic E-state index is 0.173. The third-order valence-electron chi connectivity index (χ3n) is 7.05. The van der Waals surface area contributed by atoms with Gasteiger partial charge in [0.2, 0.25) is 5.69 Å². The summed E-state index contributed by atoms with van der Waals surface area (Å²) in [7, 11) is 2.09. The lowest BCUT2D eigenvalue weighted by molar-refractivity contribution is -0.659. The average molecular weight is 449 g/mol. The standard InChI is InChI=1S/C30H26NO3/c1-16-24-22(13-17-10-12-32-28(16)17)33-23-14-20-25-18(15-30(2,3)4)7-6-8-21(25)34-29(20)19-9-11-31(5)27(24)26(19)23/h6-14H,15H2,1-5H3/q+1. The third kappa shape index (κ3) is 2.57. The molecule has 168 valence electrons. The van der Waals surface area contributed by atoms with Crippen LogP contribution >= 0.6 is 0 Å². The molecule has 0 radical (unpaired) electrons. The van der Waals surface area contributed by atoms with E-state index in [1.54, 1.807) is 6.26 Å². The van der Waals surface area contributed by atoms with Crippen molar-refractivity contribution in [3.63, 3.8) is 0 Å². The predicted octanol–water partition coefficient (Wildman–Crippen LogP) is 7.98. The van der Waals surface area contributed by atoms with E-state index in [2.05, 4.69) is 81.9 Å². The minimum Gasteiger partial charge on any atom is -0.464 e. The maximum Gasteiger partial charge on any atom is 0.228 e. The summed E-state index contributed by atoms with van der Waals surface area (Å²) in [5.41, 5.74) is 7.52. The third-order valence-corrected chi connectivity index (χ3v) is 7.05. The van der Waals surface area contributed by atoms with Crippen LogP contribution in [0.2, 0.25) is 0 Å². The summed E-state index contributed by atoms with van der Waals surface area (Å²) < 4.78 is 21.2. The van der Waals surface area contributed by atoms with Crippen LogP contribution in [0.25, 0.3) is 54.9 Å². The molecule has 4 heteroatoms. The molecule has 0 bridgehead atoms. The summed E-state index contributed by atoms with van der Waals surface area (Å²) in [6, 6.07) is 14.8. The van der Waals surface area contributed by atoms with Gasteiger partial charge in [-0.1, -0.05) is 32.9 Å². The Balaban J connectivity index is 1.63. The molecule has 0 spiro atoms. The average Bonchev–Trinajstić information content (AvgIpc) is 3.39. The van der Waals surface area contributed by atoms with Gasteiger partial charge in [0, 0.05) is 33.2 Å². The van der Waals surface area contributed by atoms with Gasteiger partial charge in [-0.25, -0.2) is 4.57 Å². The van der Waals surface area contributed by atoms with E-state index in [0.29, 0.717) is 0 Å². The molecule has 0 atom stereocenters. The molecule has 1 aliphatic heterocycles. The summed E-state index contributed by atoms with van der Waals surface area (Å²) in [6.07, 6.45) is 4.83. The quantitative estimate of drug-likeness (QED) is 0.239. The van der Waals surface area contributed by atoms with Crippen molar-refractivity contribution in [1.82, 2.24) is 0 Å². The molecule has 0 aliphatic carbocycles. The zero-order chi connectivity index (χ0) is 23.4. The normalized spacial score (nSPS) is 13.2. The maximum absolute atomic E-state index is 6.63. The number of benzene rings is 3. The van der Waals surface area contributed by atoms with Crippen molar-refractivity contribution in [3.8, 4) is 22.8 Å². The number of pyridine rings is 1. The van der Waals surface area contributed by atoms with E-state index >= 15 is 0 Å². The SMILES string of the molecule is Cc1c2c(cc3ccoc13)Oc1cc3c(oc4cccc(CC(C)(C)C)c43)c3cc[n+](C)c-2c13. The Hall–Kier alpha value is -3.79. The zero-order valence-corrected chi connectivity index (χ0v) is 20.1. The Kier molecular flexibility index (Phi) is 3.71. The molecule has 34 heavy (non-hydrogen) atoms. The van der Waals surface area contributed by atoms with Gasteiger partial charge in [-0.3, -0.25) is 0 Å². The van der Waals surface area contributed by atoms with Crippen LogP contribution in [0.3, 0.4) is 0 Å². The summed E-state index contributed by atoms with van der Waals surface area (Å²) in [6.45, 7) is 8.94. The van der Waals surface area contributed by atoms with Crippen molar-refractivity contribution < 1.29 is 18.1 Å². The second-order valence-electron chi connectivity index (χ2n) is 10.8. The molecule has 1 aliphatic rings. The number of rotatable bonds is 1. The number of nitrogens with zero attached hydrogens (tertiary/aromatic N) is 1. The molecule has 0 saturated carbocycles. The van der Waals surface area contributed by atoms with Crippen LogP contribution in [-0.4, -0.2) is 0 Å². The summed E-state index contributed by atoms with van der Waals surface area (Å²) in [4.78, 5) is 0. The molecule has 6 aromatic rings. The van der Waals surface area contributed by atoms with Gasteiger partial charge in [0.25, 0.3) is 0 Å². The van der Waals surface area contributed by atoms with Crippen LogP contribution in [0.5, 0.6) is 11.5 Å². The second-order valence-corrected chi connectivity index (χ2v) is 10.8. The molecule has 7 rings (SSSR count). The highest BCUT2D eigenvalue weighted by Gasteiger charge is 2.33. The van der Waals surface area contributed by atoms with Crippen molar-refractivity contribution in [2.24, 2.45) is 12.5 Å². The van der Waals surface area contributed by atoms with Gasteiger partial charge >= 0.3 is 0 Å². The van der Waals surface area contributed by atoms with Crippen LogP contribution in [0.1, 0.15) is 31.9 Å². The highest BCUT2D eigenvalue weighted by atomic mass is 16.5. The van der Waals surface area contributed by atoms with Gasteiger partial charge in [-0.05, 0) is 48.6 Å². The number of hydrogen-bond acceptors (Lipinski definition) is 3. The van der Waals surface area contributed by atoms with Gasteiger partial charge in [-0.2, -0.15) is 0 Å². The fraction of sp³-hybridized carbons (Fsp3) is 0.233. The van der Waals surface area contributed by atoms with E-state index in [4.69, 9.17) is 13.6 Å². The first-order valence-corrected chi connectivity index (χ1v) is 11.8. The molecular formula is C30H26NO3+. The number of ether oxygens (including phenoxy) is 1. The van der Waals surface area contributed by atoms with Crippen molar-refractivity contribution in [1.29, 1.82) is 0 Å². The second kappa shape index (κ2) is 6.41. The zero-order valence-electron chi connectivity index (χ0n) is 20.1. The highest BCUT2D eigenvalue weighted by Crippen LogP contribution is 2.51. The molecule has 4 heterocycles. The number of furan rings is 2. The number of aryl methyl sites for hydroxylation is 2. The molecule has 3 aromatic heterocycles. The van der Waals surface area contributed by atoms with Gasteiger partial charge < -0.3 is 13.6 Å². The van der Waals surface area contributed by atoms with Gasteiger partial charge in [0.05, 0.1) is 11.8 Å². The fourth-order valence-electron chi connectivity index (χ4n) is 5.72. The smallest absolute Gasteiger partial charge is 0.228 e. The van der Waals surface area contributed by atoms with E-state index < -0.39 is 0 Å². The van der Waals surface area contributed by atoms with E-state index in [1.807, 2.05) is 6.07 Å². The minimum atomic E-state index is 0.173. The Bertz CT molecular complexity index is 1810. The molecule has 3 aromatic carbocycles.